The average molecular weight is 436 g/mol. The van der Waals surface area contributed by atoms with Gasteiger partial charge in [-0.25, -0.2) is 0 Å². The molecule has 0 amide bonds. The summed E-state index contributed by atoms with van der Waals surface area (Å²) >= 11 is 3.38. The van der Waals surface area contributed by atoms with E-state index in [-0.39, 0.29) is 48.2 Å². The first-order chi connectivity index (χ1) is 12.6. The fraction of sp³-hybridized carbons (Fsp3) is 0.647. The van der Waals surface area contributed by atoms with Crippen LogP contribution >= 0.6 is 15.9 Å². The van der Waals surface area contributed by atoms with E-state index in [0.29, 0.717) is 6.42 Å². The first kappa shape index (κ1) is 22.5. The highest BCUT2D eigenvalue weighted by molar-refractivity contribution is 9.09. The first-order valence-corrected chi connectivity index (χ1v) is 9.25. The number of ether oxygens (including phenoxy) is 6. The second-order valence-electron chi connectivity index (χ2n) is 5.19. The molecule has 9 heteroatoms. The van der Waals surface area contributed by atoms with Gasteiger partial charge in [0.1, 0.15) is 5.56 Å². The molecule has 0 aliphatic heterocycles. The molecule has 0 aliphatic rings. The second-order valence-corrected chi connectivity index (χ2v) is 5.98. The Morgan fingerprint density at radius 2 is 1.58 bits per heavy atom. The number of unbranched alkanes of at least 4 members (excludes halogenated alkanes) is 2. The molecule has 1 aromatic heterocycles. The SMILES string of the molecule is COCOc1nc(OC)c(OC)c(OCOC)c1C(=O)CCCCCBr. The van der Waals surface area contributed by atoms with Gasteiger partial charge >= 0.3 is 0 Å². The van der Waals surface area contributed by atoms with Crippen molar-refractivity contribution in [2.75, 3.05) is 47.4 Å². The second kappa shape index (κ2) is 12.7. The van der Waals surface area contributed by atoms with Gasteiger partial charge in [0.05, 0.1) is 14.2 Å². The zero-order chi connectivity index (χ0) is 19.4. The molecule has 0 fully saturated rings. The third kappa shape index (κ3) is 6.30. The highest BCUT2D eigenvalue weighted by Gasteiger charge is 2.28. The van der Waals surface area contributed by atoms with Crippen LogP contribution in [0.5, 0.6) is 23.3 Å². The van der Waals surface area contributed by atoms with E-state index in [1.54, 1.807) is 0 Å². The summed E-state index contributed by atoms with van der Waals surface area (Å²) in [6.07, 6.45) is 3.00. The van der Waals surface area contributed by atoms with Crippen molar-refractivity contribution in [1.82, 2.24) is 4.98 Å². The van der Waals surface area contributed by atoms with Crippen LogP contribution in [0.4, 0.5) is 0 Å². The van der Waals surface area contributed by atoms with Crippen molar-refractivity contribution in [2.45, 2.75) is 25.7 Å². The van der Waals surface area contributed by atoms with E-state index in [2.05, 4.69) is 20.9 Å². The van der Waals surface area contributed by atoms with Crippen molar-refractivity contribution >= 4 is 21.7 Å². The Morgan fingerprint density at radius 3 is 2.15 bits per heavy atom. The predicted molar refractivity (Wildman–Crippen MR) is 98.9 cm³/mol. The Morgan fingerprint density at radius 1 is 0.885 bits per heavy atom. The summed E-state index contributed by atoms with van der Waals surface area (Å²) in [6, 6.07) is 0. The van der Waals surface area contributed by atoms with Crippen LogP contribution in [0.25, 0.3) is 0 Å². The van der Waals surface area contributed by atoms with Gasteiger partial charge in [-0.15, -0.1) is 0 Å². The third-order valence-corrected chi connectivity index (χ3v) is 3.95. The fourth-order valence-corrected chi connectivity index (χ4v) is 2.62. The molecule has 0 radical (unpaired) electrons. The molecule has 0 unspecified atom stereocenters. The van der Waals surface area contributed by atoms with Crippen molar-refractivity contribution in [3.8, 4) is 23.3 Å². The minimum atomic E-state index is -0.162. The van der Waals surface area contributed by atoms with Crippen LogP contribution < -0.4 is 18.9 Å². The number of hydrogen-bond acceptors (Lipinski definition) is 8. The predicted octanol–water partition coefficient (Wildman–Crippen LogP) is 3.20. The van der Waals surface area contributed by atoms with E-state index in [1.165, 1.54) is 28.4 Å². The molecule has 0 atom stereocenters. The minimum Gasteiger partial charge on any atom is -0.489 e. The van der Waals surface area contributed by atoms with Crippen LogP contribution in [0.15, 0.2) is 0 Å². The number of methoxy groups -OCH3 is 4. The number of pyridine rings is 1. The number of nitrogens with zero attached hydrogens (tertiary/aromatic N) is 1. The lowest BCUT2D eigenvalue weighted by molar-refractivity contribution is 0.0401. The third-order valence-electron chi connectivity index (χ3n) is 3.39. The molecular formula is C17H26BrNO7. The first-order valence-electron chi connectivity index (χ1n) is 8.13. The van der Waals surface area contributed by atoms with Gasteiger partial charge in [0.2, 0.25) is 11.6 Å². The summed E-state index contributed by atoms with van der Waals surface area (Å²) in [6.45, 7) is -0.146. The zero-order valence-corrected chi connectivity index (χ0v) is 17.2. The lowest BCUT2D eigenvalue weighted by Gasteiger charge is -2.19. The van der Waals surface area contributed by atoms with Gasteiger partial charge < -0.3 is 28.4 Å². The smallest absolute Gasteiger partial charge is 0.264 e. The number of Topliss-reactive ketones (excluding diaryl/α,β-unsaturated/α-hetero) is 1. The van der Waals surface area contributed by atoms with E-state index >= 15 is 0 Å². The molecule has 8 nitrogen and oxygen atoms in total. The molecule has 1 rings (SSSR count). The van der Waals surface area contributed by atoms with E-state index in [0.717, 1.165) is 24.6 Å². The normalized spacial score (nSPS) is 10.5. The number of halogens is 1. The molecule has 0 saturated heterocycles. The maximum absolute atomic E-state index is 12.9. The molecule has 0 spiro atoms. The number of rotatable bonds is 14. The number of carbonyl (C=O) groups is 1. The molecule has 0 bridgehead atoms. The monoisotopic (exact) mass is 435 g/mol. The highest BCUT2D eigenvalue weighted by atomic mass is 79.9. The van der Waals surface area contributed by atoms with Gasteiger partial charge in [0, 0.05) is 26.0 Å². The van der Waals surface area contributed by atoms with Gasteiger partial charge in [0.25, 0.3) is 5.88 Å². The summed E-state index contributed by atoms with van der Waals surface area (Å²) < 4.78 is 31.6. The molecule has 1 heterocycles. The van der Waals surface area contributed by atoms with Crippen molar-refractivity contribution in [3.05, 3.63) is 5.56 Å². The quantitative estimate of drug-likeness (QED) is 0.190. The van der Waals surface area contributed by atoms with Crippen LogP contribution in [0.1, 0.15) is 36.0 Å². The lowest BCUT2D eigenvalue weighted by Crippen LogP contribution is -2.14. The van der Waals surface area contributed by atoms with Gasteiger partial charge in [0.15, 0.2) is 25.1 Å². The van der Waals surface area contributed by atoms with Crippen LogP contribution in [0.2, 0.25) is 0 Å². The Kier molecular flexibility index (Phi) is 11.0. The lowest BCUT2D eigenvalue weighted by atomic mass is 10.0. The van der Waals surface area contributed by atoms with Gasteiger partial charge in [-0.2, -0.15) is 4.98 Å². The van der Waals surface area contributed by atoms with Crippen LogP contribution in [0, 0.1) is 0 Å². The van der Waals surface area contributed by atoms with E-state index in [4.69, 9.17) is 28.4 Å². The summed E-state index contributed by atoms with van der Waals surface area (Å²) in [5.74, 6) is 0.433. The van der Waals surface area contributed by atoms with Crippen LogP contribution in [0.3, 0.4) is 0 Å². The maximum atomic E-state index is 12.9. The number of hydrogen-bond donors (Lipinski definition) is 0. The van der Waals surface area contributed by atoms with Gasteiger partial charge in [-0.05, 0) is 12.8 Å². The number of carbonyl (C=O) groups excluding carboxylic acids is 1. The topological polar surface area (TPSA) is 85.3 Å². The minimum absolute atomic E-state index is 0.0705. The highest BCUT2D eigenvalue weighted by Crippen LogP contribution is 2.43. The molecule has 26 heavy (non-hydrogen) atoms. The summed E-state index contributed by atoms with van der Waals surface area (Å²) in [5.41, 5.74) is 0.190. The Bertz CT molecular complexity index is 569. The average Bonchev–Trinajstić information content (AvgIpc) is 2.66. The molecule has 0 aliphatic carbocycles. The molecular weight excluding hydrogens is 410 g/mol. The Labute approximate surface area is 162 Å². The van der Waals surface area contributed by atoms with E-state index in [9.17, 15) is 4.79 Å². The summed E-state index contributed by atoms with van der Waals surface area (Å²) in [5, 5.41) is 0.906. The Balaban J connectivity index is 3.30. The van der Waals surface area contributed by atoms with E-state index in [1.807, 2.05) is 0 Å². The summed E-state index contributed by atoms with van der Waals surface area (Å²) in [4.78, 5) is 17.1. The molecule has 0 aromatic carbocycles. The van der Waals surface area contributed by atoms with Gasteiger partial charge in [-0.3, -0.25) is 4.79 Å². The van der Waals surface area contributed by atoms with Crippen molar-refractivity contribution in [1.29, 1.82) is 0 Å². The fourth-order valence-electron chi connectivity index (χ4n) is 2.23. The standard InChI is InChI=1S/C17H26BrNO7/c1-21-10-25-14-13(12(20)8-6-5-7-9-18)16(26-11-22-2)19-17(24-4)15(14)23-3/h5-11H2,1-4H3. The van der Waals surface area contributed by atoms with Gasteiger partial charge in [-0.1, -0.05) is 22.4 Å². The van der Waals surface area contributed by atoms with Crippen molar-refractivity contribution < 1.29 is 33.2 Å². The van der Waals surface area contributed by atoms with Crippen molar-refractivity contribution in [3.63, 3.8) is 0 Å². The van der Waals surface area contributed by atoms with E-state index < -0.39 is 0 Å². The Hall–Kier alpha value is -1.58. The molecule has 0 N–H and O–H groups in total. The van der Waals surface area contributed by atoms with Crippen molar-refractivity contribution in [2.24, 2.45) is 0 Å². The number of alkyl halides is 1. The van der Waals surface area contributed by atoms with Crippen LogP contribution in [-0.4, -0.2) is 58.1 Å². The molecule has 0 saturated carbocycles. The summed E-state index contributed by atoms with van der Waals surface area (Å²) in [7, 11) is 5.84. The number of ketones is 1. The molecule has 1 aromatic rings. The molecule has 148 valence electrons. The largest absolute Gasteiger partial charge is 0.489 e. The number of aromatic nitrogens is 1. The zero-order valence-electron chi connectivity index (χ0n) is 15.6. The maximum Gasteiger partial charge on any atom is 0.264 e. The van der Waals surface area contributed by atoms with Crippen LogP contribution in [-0.2, 0) is 9.47 Å².